The lowest BCUT2D eigenvalue weighted by Gasteiger charge is -2.00. The average Bonchev–Trinajstić information content (AvgIpc) is 2.26. The van der Waals surface area contributed by atoms with Gasteiger partial charge in [-0.2, -0.15) is 0 Å². The first-order valence-corrected chi connectivity index (χ1v) is 5.62. The first-order chi connectivity index (χ1) is 7.13. The number of rotatable bonds is 3. The van der Waals surface area contributed by atoms with Gasteiger partial charge in [0.15, 0.2) is 3.18 Å². The Balaban J connectivity index is 2.72. The zero-order chi connectivity index (χ0) is 11.3. The van der Waals surface area contributed by atoms with Gasteiger partial charge in [-0.05, 0) is 40.3 Å². The zero-order valence-electron chi connectivity index (χ0n) is 8.04. The molecule has 0 spiro atoms. The highest BCUT2D eigenvalue weighted by Crippen LogP contribution is 2.08. The minimum atomic E-state index is -0.336. The smallest absolute Gasteiger partial charge is 0.337 e. The highest BCUT2D eigenvalue weighted by atomic mass is 127. The Morgan fingerprint density at radius 1 is 1.47 bits per heavy atom. The molecular weight excluding hydrogens is 328 g/mol. The molecule has 0 unspecified atom stereocenters. The molecule has 0 saturated carbocycles. The fourth-order valence-electron chi connectivity index (χ4n) is 1.02. The van der Waals surface area contributed by atoms with E-state index in [4.69, 9.17) is 11.6 Å². The number of hydrogen-bond acceptors (Lipinski definition) is 3. The third-order valence-corrected chi connectivity index (χ3v) is 2.22. The van der Waals surface area contributed by atoms with Crippen LogP contribution in [0.3, 0.4) is 0 Å². The van der Waals surface area contributed by atoms with Gasteiger partial charge in [0.25, 0.3) is 0 Å². The van der Waals surface area contributed by atoms with E-state index in [9.17, 15) is 4.79 Å². The number of nitrogens with zero attached hydrogens (tertiary/aromatic N) is 1. The number of benzene rings is 1. The molecule has 0 aliphatic heterocycles. The van der Waals surface area contributed by atoms with Gasteiger partial charge in [-0.1, -0.05) is 23.7 Å². The zero-order valence-corrected chi connectivity index (χ0v) is 10.9. The molecule has 0 atom stereocenters. The summed E-state index contributed by atoms with van der Waals surface area (Å²) < 4.78 is 5.08. The molecule has 0 aliphatic rings. The predicted octanol–water partition coefficient (Wildman–Crippen LogP) is 3.00. The van der Waals surface area contributed by atoms with Gasteiger partial charge in [0.05, 0.1) is 19.2 Å². The van der Waals surface area contributed by atoms with Gasteiger partial charge in [-0.3, -0.25) is 4.99 Å². The number of halogens is 2. The summed E-state index contributed by atoms with van der Waals surface area (Å²) in [6, 6.07) is 7.06. The Kier molecular flexibility index (Phi) is 5.04. The maximum Gasteiger partial charge on any atom is 0.337 e. The van der Waals surface area contributed by atoms with Crippen LogP contribution in [0, 0.1) is 0 Å². The van der Waals surface area contributed by atoms with Crippen LogP contribution < -0.4 is 0 Å². The first kappa shape index (κ1) is 12.4. The fourth-order valence-corrected chi connectivity index (χ4v) is 1.25. The van der Waals surface area contributed by atoms with Crippen LogP contribution in [0.4, 0.5) is 0 Å². The molecule has 15 heavy (non-hydrogen) atoms. The molecule has 1 aromatic carbocycles. The van der Waals surface area contributed by atoms with Crippen molar-refractivity contribution in [1.82, 2.24) is 0 Å². The largest absolute Gasteiger partial charge is 0.465 e. The Morgan fingerprint density at radius 2 is 2.07 bits per heavy atom. The van der Waals surface area contributed by atoms with E-state index >= 15 is 0 Å². The van der Waals surface area contributed by atoms with Crippen molar-refractivity contribution in [1.29, 1.82) is 0 Å². The van der Waals surface area contributed by atoms with Crippen molar-refractivity contribution in [2.75, 3.05) is 7.11 Å². The molecule has 0 aromatic heterocycles. The van der Waals surface area contributed by atoms with Crippen molar-refractivity contribution in [2.24, 2.45) is 4.99 Å². The summed E-state index contributed by atoms with van der Waals surface area (Å²) >= 11 is 7.53. The number of ether oxygens (including phenoxy) is 1. The molecule has 1 aromatic rings. The standard InChI is InChI=1S/C10H9ClINO2/c1-15-9(14)8-4-2-7(3-5-8)6-13-10(11)12/h2-5H,6H2,1H3. The van der Waals surface area contributed by atoms with Crippen LogP contribution in [0.5, 0.6) is 0 Å². The fraction of sp³-hybridized carbons (Fsp3) is 0.200. The van der Waals surface area contributed by atoms with Crippen molar-refractivity contribution in [2.45, 2.75) is 6.54 Å². The van der Waals surface area contributed by atoms with Gasteiger partial charge in [-0.15, -0.1) is 0 Å². The van der Waals surface area contributed by atoms with Crippen molar-refractivity contribution in [3.63, 3.8) is 0 Å². The molecule has 0 amide bonds. The summed E-state index contributed by atoms with van der Waals surface area (Å²) in [6.07, 6.45) is 0. The van der Waals surface area contributed by atoms with E-state index in [0.717, 1.165) is 5.56 Å². The van der Waals surface area contributed by atoms with Gasteiger partial charge >= 0.3 is 5.97 Å². The number of hydrogen-bond donors (Lipinski definition) is 0. The quantitative estimate of drug-likeness (QED) is 0.483. The van der Waals surface area contributed by atoms with E-state index in [1.165, 1.54) is 7.11 Å². The Hall–Kier alpha value is -0.620. The monoisotopic (exact) mass is 337 g/mol. The lowest BCUT2D eigenvalue weighted by molar-refractivity contribution is 0.0600. The highest BCUT2D eigenvalue weighted by molar-refractivity contribution is 14.1. The number of methoxy groups -OCH3 is 1. The van der Waals surface area contributed by atoms with Crippen molar-refractivity contribution >= 4 is 43.3 Å². The molecule has 0 aliphatic carbocycles. The van der Waals surface area contributed by atoms with Crippen LogP contribution in [0.25, 0.3) is 0 Å². The third-order valence-electron chi connectivity index (χ3n) is 1.76. The summed E-state index contributed by atoms with van der Waals surface area (Å²) in [5.74, 6) is -0.336. The van der Waals surface area contributed by atoms with Gasteiger partial charge in [0.1, 0.15) is 0 Å². The number of carbonyl (C=O) groups excluding carboxylic acids is 1. The van der Waals surface area contributed by atoms with Crippen LogP contribution >= 0.6 is 34.2 Å². The molecule has 0 heterocycles. The van der Waals surface area contributed by atoms with Crippen LogP contribution in [0.2, 0.25) is 0 Å². The maximum absolute atomic E-state index is 11.1. The van der Waals surface area contributed by atoms with Crippen molar-refractivity contribution in [3.05, 3.63) is 35.4 Å². The Bertz CT molecular complexity index is 372. The predicted molar refractivity (Wildman–Crippen MR) is 68.8 cm³/mol. The average molecular weight is 338 g/mol. The molecule has 5 heteroatoms. The van der Waals surface area contributed by atoms with Crippen LogP contribution in [-0.4, -0.2) is 16.3 Å². The second-order valence-corrected chi connectivity index (χ2v) is 4.76. The van der Waals surface area contributed by atoms with Crippen molar-refractivity contribution < 1.29 is 9.53 Å². The van der Waals surface area contributed by atoms with E-state index in [0.29, 0.717) is 15.3 Å². The van der Waals surface area contributed by atoms with Gasteiger partial charge in [0, 0.05) is 0 Å². The molecule has 3 nitrogen and oxygen atoms in total. The van der Waals surface area contributed by atoms with Gasteiger partial charge < -0.3 is 4.74 Å². The van der Waals surface area contributed by atoms with E-state index < -0.39 is 0 Å². The maximum atomic E-state index is 11.1. The van der Waals surface area contributed by atoms with E-state index in [1.54, 1.807) is 12.1 Å². The molecule has 0 bridgehead atoms. The minimum absolute atomic E-state index is 0.336. The lowest BCUT2D eigenvalue weighted by Crippen LogP contribution is -2.00. The van der Waals surface area contributed by atoms with Crippen LogP contribution in [0.1, 0.15) is 15.9 Å². The SMILES string of the molecule is COC(=O)c1ccc(CN=C(Cl)I)cc1. The second-order valence-electron chi connectivity index (χ2n) is 2.75. The number of carbonyl (C=O) groups is 1. The normalized spacial score (nSPS) is 11.3. The van der Waals surface area contributed by atoms with Crippen LogP contribution in [-0.2, 0) is 11.3 Å². The molecule has 0 radical (unpaired) electrons. The second kappa shape index (κ2) is 6.07. The Morgan fingerprint density at radius 3 is 2.53 bits per heavy atom. The van der Waals surface area contributed by atoms with Gasteiger partial charge in [0.2, 0.25) is 0 Å². The summed E-state index contributed by atoms with van der Waals surface area (Å²) in [5, 5.41) is 0. The summed E-state index contributed by atoms with van der Waals surface area (Å²) in [6.45, 7) is 0.517. The van der Waals surface area contributed by atoms with Gasteiger partial charge in [-0.25, -0.2) is 4.79 Å². The number of esters is 1. The topological polar surface area (TPSA) is 38.7 Å². The third kappa shape index (κ3) is 4.17. The van der Waals surface area contributed by atoms with E-state index in [1.807, 2.05) is 34.7 Å². The van der Waals surface area contributed by atoms with E-state index in [-0.39, 0.29) is 5.97 Å². The molecule has 80 valence electrons. The molecule has 0 fully saturated rings. The van der Waals surface area contributed by atoms with Crippen LogP contribution in [0.15, 0.2) is 29.3 Å². The minimum Gasteiger partial charge on any atom is -0.465 e. The summed E-state index contributed by atoms with van der Waals surface area (Å²) in [5.41, 5.74) is 1.53. The molecule has 0 N–H and O–H groups in total. The lowest BCUT2D eigenvalue weighted by atomic mass is 10.1. The molecule has 1 rings (SSSR count). The highest BCUT2D eigenvalue weighted by Gasteiger charge is 2.03. The number of aliphatic imine (C=N–C) groups is 1. The summed E-state index contributed by atoms with van der Waals surface area (Å²) in [7, 11) is 1.36. The van der Waals surface area contributed by atoms with E-state index in [2.05, 4.69) is 9.73 Å². The van der Waals surface area contributed by atoms with Crippen molar-refractivity contribution in [3.8, 4) is 0 Å². The molecule has 0 saturated heterocycles. The molecular formula is C10H9ClINO2. The first-order valence-electron chi connectivity index (χ1n) is 4.16. The Labute approximate surface area is 107 Å². The summed E-state index contributed by atoms with van der Waals surface area (Å²) in [4.78, 5) is 15.2.